The molecule has 1 atom stereocenters. The molecule has 8 heteroatoms. The van der Waals surface area contributed by atoms with Gasteiger partial charge in [0.15, 0.2) is 0 Å². The number of carbonyl (C=O) groups excluding carboxylic acids is 1. The van der Waals surface area contributed by atoms with Gasteiger partial charge < -0.3 is 21.9 Å². The van der Waals surface area contributed by atoms with Crippen LogP contribution < -0.4 is 16.8 Å². The van der Waals surface area contributed by atoms with Crippen LogP contribution in [-0.4, -0.2) is 33.6 Å². The number of primary amides is 1. The van der Waals surface area contributed by atoms with Crippen LogP contribution in [0.15, 0.2) is 6.07 Å². The summed E-state index contributed by atoms with van der Waals surface area (Å²) in [6.07, 6.45) is -1.29. The lowest BCUT2D eigenvalue weighted by Crippen LogP contribution is -2.34. The Balaban J connectivity index is 2.61. The number of rotatable bonds is 4. The molecule has 0 spiro atoms. The molecule has 1 unspecified atom stereocenters. The van der Waals surface area contributed by atoms with Crippen LogP contribution in [0.5, 0.6) is 0 Å². The Hall–Kier alpha value is -1.60. The normalized spacial score (nSPS) is 12.1. The molecule has 7 nitrogen and oxygen atoms in total. The molecule has 0 aliphatic heterocycles. The maximum Gasteiger partial charge on any atom is 0.248 e. The highest BCUT2D eigenvalue weighted by Gasteiger charge is 2.10. The molecular formula is C7H10ClN5O2. The summed E-state index contributed by atoms with van der Waals surface area (Å²) >= 11 is 5.60. The van der Waals surface area contributed by atoms with Gasteiger partial charge in [0, 0.05) is 6.07 Å². The van der Waals surface area contributed by atoms with Crippen LogP contribution in [0.1, 0.15) is 0 Å². The number of carbonyl (C=O) groups is 1. The van der Waals surface area contributed by atoms with Crippen LogP contribution in [0.3, 0.4) is 0 Å². The molecule has 1 heterocycles. The summed E-state index contributed by atoms with van der Waals surface area (Å²) in [4.78, 5) is 17.9. The van der Waals surface area contributed by atoms with Crippen molar-refractivity contribution in [1.82, 2.24) is 9.97 Å². The van der Waals surface area contributed by atoms with E-state index in [1.807, 2.05) is 0 Å². The molecule has 0 bridgehead atoms. The molecule has 0 saturated heterocycles. The molecule has 1 amide bonds. The van der Waals surface area contributed by atoms with Crippen molar-refractivity contribution in [2.45, 2.75) is 6.10 Å². The molecule has 6 N–H and O–H groups in total. The lowest BCUT2D eigenvalue weighted by Gasteiger charge is -2.09. The van der Waals surface area contributed by atoms with Crippen LogP contribution >= 0.6 is 11.6 Å². The minimum absolute atomic E-state index is 0.00133. The zero-order valence-corrected chi connectivity index (χ0v) is 8.40. The molecule has 0 radical (unpaired) electrons. The van der Waals surface area contributed by atoms with Gasteiger partial charge in [-0.1, -0.05) is 11.6 Å². The SMILES string of the molecule is NC(=O)C(O)CNc1cc(Cl)nc(N)n1. The van der Waals surface area contributed by atoms with Crippen molar-refractivity contribution < 1.29 is 9.90 Å². The van der Waals surface area contributed by atoms with Crippen molar-refractivity contribution in [2.24, 2.45) is 5.73 Å². The van der Waals surface area contributed by atoms with Gasteiger partial charge in [-0.3, -0.25) is 4.79 Å². The first-order chi connectivity index (χ1) is 6.99. The molecule has 0 fully saturated rings. The van der Waals surface area contributed by atoms with Crippen LogP contribution in [0.25, 0.3) is 0 Å². The van der Waals surface area contributed by atoms with Crippen LogP contribution in [0.2, 0.25) is 5.15 Å². The Bertz CT molecular complexity index is 352. The number of halogens is 1. The third kappa shape index (κ3) is 3.56. The third-order valence-electron chi connectivity index (χ3n) is 1.52. The molecule has 0 aliphatic rings. The zero-order chi connectivity index (χ0) is 11.4. The highest BCUT2D eigenvalue weighted by Crippen LogP contribution is 2.11. The van der Waals surface area contributed by atoms with Gasteiger partial charge in [0.1, 0.15) is 17.1 Å². The third-order valence-corrected chi connectivity index (χ3v) is 1.71. The molecule has 82 valence electrons. The summed E-state index contributed by atoms with van der Waals surface area (Å²) < 4.78 is 0. The second-order valence-corrected chi connectivity index (χ2v) is 3.12. The fourth-order valence-corrected chi connectivity index (χ4v) is 1.02. The standard InChI is InChI=1S/C7H10ClN5O2/c8-4-1-5(13-7(10)12-4)11-2-3(14)6(9)15/h1,3,14H,2H2,(H2,9,15)(H3,10,11,12,13). The molecule has 0 aliphatic carbocycles. The Morgan fingerprint density at radius 2 is 2.33 bits per heavy atom. The highest BCUT2D eigenvalue weighted by atomic mass is 35.5. The minimum atomic E-state index is -1.29. The van der Waals surface area contributed by atoms with Gasteiger partial charge in [0.2, 0.25) is 11.9 Å². The summed E-state index contributed by atoms with van der Waals surface area (Å²) in [5.41, 5.74) is 10.2. The van der Waals surface area contributed by atoms with Crippen molar-refractivity contribution in [3.05, 3.63) is 11.2 Å². The largest absolute Gasteiger partial charge is 0.381 e. The van der Waals surface area contributed by atoms with Gasteiger partial charge in [-0.25, -0.2) is 4.98 Å². The van der Waals surface area contributed by atoms with Gasteiger partial charge in [-0.2, -0.15) is 4.98 Å². The Kier molecular flexibility index (Phi) is 3.64. The molecule has 15 heavy (non-hydrogen) atoms. The maximum absolute atomic E-state index is 10.5. The smallest absolute Gasteiger partial charge is 0.248 e. The van der Waals surface area contributed by atoms with Crippen LogP contribution in [-0.2, 0) is 4.79 Å². The van der Waals surface area contributed by atoms with E-state index in [4.69, 9.17) is 28.2 Å². The van der Waals surface area contributed by atoms with Gasteiger partial charge >= 0.3 is 0 Å². The highest BCUT2D eigenvalue weighted by molar-refractivity contribution is 6.29. The number of hydrogen-bond donors (Lipinski definition) is 4. The number of nitrogens with zero attached hydrogens (tertiary/aromatic N) is 2. The van der Waals surface area contributed by atoms with Crippen LogP contribution in [0.4, 0.5) is 11.8 Å². The fraction of sp³-hybridized carbons (Fsp3) is 0.286. The van der Waals surface area contributed by atoms with E-state index in [-0.39, 0.29) is 17.6 Å². The average Bonchev–Trinajstić information content (AvgIpc) is 2.12. The monoisotopic (exact) mass is 231 g/mol. The minimum Gasteiger partial charge on any atom is -0.381 e. The van der Waals surface area contributed by atoms with Gasteiger partial charge in [-0.15, -0.1) is 0 Å². The lowest BCUT2D eigenvalue weighted by molar-refractivity contribution is -0.125. The first-order valence-electron chi connectivity index (χ1n) is 4.00. The van der Waals surface area contributed by atoms with Crippen molar-refractivity contribution in [1.29, 1.82) is 0 Å². The van der Waals surface area contributed by atoms with E-state index in [0.29, 0.717) is 5.82 Å². The quantitative estimate of drug-likeness (QED) is 0.491. The number of hydrogen-bond acceptors (Lipinski definition) is 6. The number of nitrogens with one attached hydrogen (secondary N) is 1. The van der Waals surface area contributed by atoms with E-state index in [1.54, 1.807) is 0 Å². The summed E-state index contributed by atoms with van der Waals surface area (Å²) in [5.74, 6) is -0.512. The number of aromatic nitrogens is 2. The number of aliphatic hydroxyl groups is 1. The number of anilines is 2. The summed E-state index contributed by atoms with van der Waals surface area (Å²) in [6, 6.07) is 1.41. The predicted octanol–water partition coefficient (Wildman–Crippen LogP) is -1.03. The van der Waals surface area contributed by atoms with Crippen molar-refractivity contribution >= 4 is 29.3 Å². The van der Waals surface area contributed by atoms with Crippen molar-refractivity contribution in [2.75, 3.05) is 17.6 Å². The van der Waals surface area contributed by atoms with E-state index < -0.39 is 12.0 Å². The van der Waals surface area contributed by atoms with E-state index in [1.165, 1.54) is 6.07 Å². The topological polar surface area (TPSA) is 127 Å². The molecule has 0 aromatic carbocycles. The predicted molar refractivity (Wildman–Crippen MR) is 55.1 cm³/mol. The number of amides is 1. The second-order valence-electron chi connectivity index (χ2n) is 2.73. The number of nitrogens with two attached hydrogens (primary N) is 2. The lowest BCUT2D eigenvalue weighted by atomic mass is 10.3. The van der Waals surface area contributed by atoms with Gasteiger partial charge in [-0.05, 0) is 0 Å². The van der Waals surface area contributed by atoms with E-state index in [0.717, 1.165) is 0 Å². The Morgan fingerprint density at radius 3 is 2.87 bits per heavy atom. The second kappa shape index (κ2) is 4.76. The maximum atomic E-state index is 10.5. The zero-order valence-electron chi connectivity index (χ0n) is 7.64. The van der Waals surface area contributed by atoms with Gasteiger partial charge in [0.05, 0.1) is 6.54 Å². The van der Waals surface area contributed by atoms with E-state index in [9.17, 15) is 4.79 Å². The van der Waals surface area contributed by atoms with Crippen molar-refractivity contribution in [3.63, 3.8) is 0 Å². The first kappa shape index (κ1) is 11.5. The Labute approximate surface area is 90.5 Å². The summed E-state index contributed by atoms with van der Waals surface area (Å²) in [7, 11) is 0. The van der Waals surface area contributed by atoms with E-state index >= 15 is 0 Å². The average molecular weight is 232 g/mol. The molecular weight excluding hydrogens is 222 g/mol. The Morgan fingerprint density at radius 1 is 1.67 bits per heavy atom. The first-order valence-corrected chi connectivity index (χ1v) is 4.38. The summed E-state index contributed by atoms with van der Waals surface area (Å²) in [6.45, 7) is -0.0673. The van der Waals surface area contributed by atoms with Crippen LogP contribution in [0, 0.1) is 0 Å². The van der Waals surface area contributed by atoms with E-state index in [2.05, 4.69) is 15.3 Å². The molecule has 1 rings (SSSR count). The molecule has 0 saturated carbocycles. The van der Waals surface area contributed by atoms with Crippen molar-refractivity contribution in [3.8, 4) is 0 Å². The number of aliphatic hydroxyl groups excluding tert-OH is 1. The fourth-order valence-electron chi connectivity index (χ4n) is 0.828. The number of nitrogen functional groups attached to an aromatic ring is 1. The molecule has 1 aromatic rings. The molecule has 1 aromatic heterocycles. The van der Waals surface area contributed by atoms with Gasteiger partial charge in [0.25, 0.3) is 0 Å². The summed E-state index contributed by atoms with van der Waals surface area (Å²) in [5, 5.41) is 11.9.